The van der Waals surface area contributed by atoms with Gasteiger partial charge in [-0.2, -0.15) is 4.98 Å². The molecule has 2 heterocycles. The Morgan fingerprint density at radius 1 is 1.26 bits per heavy atom. The molecule has 0 spiro atoms. The van der Waals surface area contributed by atoms with Crippen molar-refractivity contribution in [3.63, 3.8) is 0 Å². The molecular formula is C23H34FN5O5. The minimum absolute atomic E-state index is 0.148. The topological polar surface area (TPSA) is 124 Å². The number of nitrogens with one attached hydrogen (secondary N) is 1. The lowest BCUT2D eigenvalue weighted by Crippen LogP contribution is -2.50. The van der Waals surface area contributed by atoms with E-state index in [9.17, 15) is 14.3 Å². The number of hydrogen-bond acceptors (Lipinski definition) is 9. The van der Waals surface area contributed by atoms with Crippen LogP contribution < -0.4 is 15.0 Å². The molecule has 3 N–H and O–H groups in total. The van der Waals surface area contributed by atoms with Gasteiger partial charge in [0.1, 0.15) is 11.6 Å². The summed E-state index contributed by atoms with van der Waals surface area (Å²) in [6.07, 6.45) is -0.322. The van der Waals surface area contributed by atoms with E-state index in [2.05, 4.69) is 32.2 Å². The van der Waals surface area contributed by atoms with Gasteiger partial charge in [0, 0.05) is 50.7 Å². The van der Waals surface area contributed by atoms with Gasteiger partial charge in [-0.25, -0.2) is 4.39 Å². The summed E-state index contributed by atoms with van der Waals surface area (Å²) in [5, 5.41) is 24.5. The molecule has 188 valence electrons. The van der Waals surface area contributed by atoms with E-state index < -0.39 is 24.4 Å². The molecule has 0 saturated carbocycles. The average molecular weight is 480 g/mol. The molecule has 0 bridgehead atoms. The largest absolute Gasteiger partial charge is 0.493 e. The second-order valence-corrected chi connectivity index (χ2v) is 8.79. The summed E-state index contributed by atoms with van der Waals surface area (Å²) in [7, 11) is 0. The number of aliphatic hydroxyl groups excluding tert-OH is 2. The summed E-state index contributed by atoms with van der Waals surface area (Å²) in [6, 6.07) is 4.92. The van der Waals surface area contributed by atoms with Crippen LogP contribution in [0.25, 0.3) is 0 Å². The van der Waals surface area contributed by atoms with Crippen LogP contribution in [-0.4, -0.2) is 89.2 Å². The lowest BCUT2D eigenvalue weighted by molar-refractivity contribution is 0.0799. The molecule has 3 rings (SSSR count). The van der Waals surface area contributed by atoms with Gasteiger partial charge >= 0.3 is 6.01 Å². The first-order valence-electron chi connectivity index (χ1n) is 11.6. The summed E-state index contributed by atoms with van der Waals surface area (Å²) in [6.45, 7) is 9.30. The number of amides is 1. The van der Waals surface area contributed by atoms with Gasteiger partial charge in [0.2, 0.25) is 0 Å². The minimum atomic E-state index is -1.09. The monoisotopic (exact) mass is 479 g/mol. The fraction of sp³-hybridized carbons (Fsp3) is 0.609. The Hall–Kier alpha value is -2.76. The fourth-order valence-electron chi connectivity index (χ4n) is 3.61. The van der Waals surface area contributed by atoms with Crippen molar-refractivity contribution >= 4 is 11.9 Å². The number of anilines is 1. The van der Waals surface area contributed by atoms with Gasteiger partial charge in [0.05, 0.1) is 24.9 Å². The lowest BCUT2D eigenvalue weighted by atomic mass is 10.1. The van der Waals surface area contributed by atoms with E-state index in [4.69, 9.17) is 14.4 Å². The Balaban J connectivity index is 1.41. The maximum absolute atomic E-state index is 14.3. The average Bonchev–Trinajstić information content (AvgIpc) is 3.33. The number of nitrogens with zero attached hydrogens (tertiary/aromatic N) is 4. The summed E-state index contributed by atoms with van der Waals surface area (Å²) >= 11 is 0. The molecule has 0 radical (unpaired) electrons. The number of benzene rings is 1. The molecule has 1 aliphatic rings. The van der Waals surface area contributed by atoms with Crippen LogP contribution in [0.5, 0.6) is 5.75 Å². The standard InChI is InChI=1S/C23H34FN5O5/c1-15(2)21-26-23(34-27-21)29-9-7-28(8-10-29)16(3)6-11-33-18-4-5-19(20(24)12-18)22(32)25-13-17(31)14-30/h4-5,12,15-17,30-31H,6-11,13-14H2,1-3H3,(H,25,32)/t16-,17+/m0/s1. The molecule has 1 aromatic heterocycles. The number of carbonyl (C=O) groups is 1. The van der Waals surface area contributed by atoms with Gasteiger partial charge in [-0.1, -0.05) is 19.0 Å². The van der Waals surface area contributed by atoms with Crippen molar-refractivity contribution in [2.75, 3.05) is 50.8 Å². The van der Waals surface area contributed by atoms with Gasteiger partial charge in [-0.15, -0.1) is 0 Å². The molecule has 10 nitrogen and oxygen atoms in total. The van der Waals surface area contributed by atoms with Crippen molar-refractivity contribution in [1.82, 2.24) is 20.4 Å². The maximum atomic E-state index is 14.3. The zero-order valence-electron chi connectivity index (χ0n) is 19.9. The van der Waals surface area contributed by atoms with Crippen LogP contribution in [0.2, 0.25) is 0 Å². The molecule has 1 aromatic carbocycles. The maximum Gasteiger partial charge on any atom is 0.324 e. The number of rotatable bonds is 11. The van der Waals surface area contributed by atoms with E-state index in [1.54, 1.807) is 6.07 Å². The van der Waals surface area contributed by atoms with Crippen molar-refractivity contribution in [3.8, 4) is 5.75 Å². The lowest BCUT2D eigenvalue weighted by Gasteiger charge is -2.37. The number of hydrogen-bond donors (Lipinski definition) is 3. The molecule has 0 aliphatic carbocycles. The molecule has 1 saturated heterocycles. The third-order valence-corrected chi connectivity index (χ3v) is 5.85. The Morgan fingerprint density at radius 2 is 2.00 bits per heavy atom. The summed E-state index contributed by atoms with van der Waals surface area (Å²) in [5.41, 5.74) is -0.148. The van der Waals surface area contributed by atoms with Crippen molar-refractivity contribution in [2.24, 2.45) is 0 Å². The smallest absolute Gasteiger partial charge is 0.324 e. The van der Waals surface area contributed by atoms with E-state index in [0.29, 0.717) is 24.2 Å². The van der Waals surface area contributed by atoms with Crippen molar-refractivity contribution in [3.05, 3.63) is 35.4 Å². The zero-order valence-corrected chi connectivity index (χ0v) is 19.9. The molecular weight excluding hydrogens is 445 g/mol. The van der Waals surface area contributed by atoms with E-state index in [1.165, 1.54) is 12.1 Å². The highest BCUT2D eigenvalue weighted by Crippen LogP contribution is 2.20. The quantitative estimate of drug-likeness (QED) is 0.439. The Bertz CT molecular complexity index is 932. The first-order chi connectivity index (χ1) is 16.3. The number of aliphatic hydroxyl groups is 2. The van der Waals surface area contributed by atoms with Gasteiger partial charge in [-0.3, -0.25) is 9.69 Å². The molecule has 2 aromatic rings. The summed E-state index contributed by atoms with van der Waals surface area (Å²) in [4.78, 5) is 20.9. The first kappa shape index (κ1) is 25.9. The van der Waals surface area contributed by atoms with E-state index >= 15 is 0 Å². The number of aromatic nitrogens is 2. The van der Waals surface area contributed by atoms with Crippen LogP contribution in [0.3, 0.4) is 0 Å². The highest BCUT2D eigenvalue weighted by Gasteiger charge is 2.24. The Labute approximate surface area is 198 Å². The predicted molar refractivity (Wildman–Crippen MR) is 124 cm³/mol. The van der Waals surface area contributed by atoms with Crippen LogP contribution in [0.4, 0.5) is 10.4 Å². The van der Waals surface area contributed by atoms with Crippen LogP contribution >= 0.6 is 0 Å². The Kier molecular flexibility index (Phi) is 9.20. The number of carbonyl (C=O) groups excluding carboxylic acids is 1. The minimum Gasteiger partial charge on any atom is -0.493 e. The van der Waals surface area contributed by atoms with Gasteiger partial charge in [-0.05, 0) is 25.5 Å². The highest BCUT2D eigenvalue weighted by atomic mass is 19.1. The SMILES string of the molecule is CC(C)c1noc(N2CCN([C@@H](C)CCOc3ccc(C(=O)NC[C@@H](O)CO)c(F)c3)CC2)n1. The molecule has 34 heavy (non-hydrogen) atoms. The zero-order chi connectivity index (χ0) is 24.7. The number of halogens is 1. The van der Waals surface area contributed by atoms with Crippen LogP contribution in [0.1, 0.15) is 49.3 Å². The molecule has 1 aliphatic heterocycles. The normalized spacial score (nSPS) is 16.5. The second-order valence-electron chi connectivity index (χ2n) is 8.79. The predicted octanol–water partition coefficient (Wildman–Crippen LogP) is 1.39. The molecule has 1 amide bonds. The number of ether oxygens (including phenoxy) is 1. The highest BCUT2D eigenvalue weighted by molar-refractivity contribution is 5.94. The first-order valence-corrected chi connectivity index (χ1v) is 11.6. The second kappa shape index (κ2) is 12.1. The molecule has 1 fully saturated rings. The molecule has 11 heteroatoms. The summed E-state index contributed by atoms with van der Waals surface area (Å²) < 4.78 is 25.4. The fourth-order valence-corrected chi connectivity index (χ4v) is 3.61. The summed E-state index contributed by atoms with van der Waals surface area (Å²) in [5.74, 6) is -0.0801. The Morgan fingerprint density at radius 3 is 2.62 bits per heavy atom. The van der Waals surface area contributed by atoms with E-state index in [0.717, 1.165) is 32.6 Å². The molecule has 0 unspecified atom stereocenters. The van der Waals surface area contributed by atoms with E-state index in [-0.39, 0.29) is 24.1 Å². The van der Waals surface area contributed by atoms with Crippen molar-refractivity contribution in [1.29, 1.82) is 0 Å². The van der Waals surface area contributed by atoms with E-state index in [1.807, 2.05) is 13.8 Å². The van der Waals surface area contributed by atoms with Crippen molar-refractivity contribution < 1.29 is 28.7 Å². The van der Waals surface area contributed by atoms with Gasteiger partial charge < -0.3 is 29.7 Å². The van der Waals surface area contributed by atoms with Crippen molar-refractivity contribution in [2.45, 2.75) is 45.3 Å². The van der Waals surface area contributed by atoms with Gasteiger partial charge in [0.25, 0.3) is 5.91 Å². The third kappa shape index (κ3) is 6.87. The van der Waals surface area contributed by atoms with Gasteiger partial charge in [0.15, 0.2) is 5.82 Å². The number of piperazine rings is 1. The van der Waals surface area contributed by atoms with Crippen LogP contribution in [0, 0.1) is 5.82 Å². The molecule has 2 atom stereocenters. The van der Waals surface area contributed by atoms with Crippen LogP contribution in [0.15, 0.2) is 22.7 Å². The third-order valence-electron chi connectivity index (χ3n) is 5.85. The van der Waals surface area contributed by atoms with Crippen LogP contribution in [-0.2, 0) is 0 Å².